The van der Waals surface area contributed by atoms with E-state index in [1.54, 1.807) is 0 Å². The second-order valence-electron chi connectivity index (χ2n) is 3.70. The van der Waals surface area contributed by atoms with E-state index < -0.39 is 27.0 Å². The second-order valence-corrected chi connectivity index (χ2v) is 5.09. The summed E-state index contributed by atoms with van der Waals surface area (Å²) < 4.78 is 56.4. The van der Waals surface area contributed by atoms with Crippen molar-refractivity contribution in [2.45, 2.75) is 4.90 Å². The normalized spacial score (nSPS) is 11.3. The van der Waals surface area contributed by atoms with E-state index in [1.165, 1.54) is 12.1 Å². The van der Waals surface area contributed by atoms with Crippen LogP contribution in [0.3, 0.4) is 0 Å². The lowest BCUT2D eigenvalue weighted by Crippen LogP contribution is -2.04. The summed E-state index contributed by atoms with van der Waals surface area (Å²) in [6.45, 7) is 0. The number of halogens is 2. The highest BCUT2D eigenvalue weighted by atomic mass is 32.2. The number of nitrogen functional groups attached to an aromatic ring is 1. The lowest BCUT2D eigenvalue weighted by atomic mass is 10.3. The molecule has 0 amide bonds. The van der Waals surface area contributed by atoms with Crippen LogP contribution in [0.4, 0.5) is 26.0 Å². The molecule has 0 aliphatic heterocycles. The Bertz CT molecular complexity index is 747. The first-order valence-corrected chi connectivity index (χ1v) is 6.54. The number of nitrogens with one attached hydrogen (secondary N) is 1. The van der Waals surface area contributed by atoms with Crippen LogP contribution in [0.2, 0.25) is 0 Å². The van der Waals surface area contributed by atoms with E-state index in [1.807, 2.05) is 0 Å². The average molecular weight is 302 g/mol. The minimum atomic E-state index is -4.43. The third-order valence-corrected chi connectivity index (χ3v) is 3.16. The minimum absolute atomic E-state index is 0.172. The zero-order valence-corrected chi connectivity index (χ0v) is 10.5. The molecule has 1 heterocycles. The number of aromatic nitrogens is 2. The Morgan fingerprint density at radius 1 is 1.20 bits per heavy atom. The fraction of sp³-hybridized carbons (Fsp3) is 0. The van der Waals surface area contributed by atoms with Gasteiger partial charge in [-0.15, -0.1) is 0 Å². The number of hydrogen-bond donors (Lipinski definition) is 3. The maximum atomic E-state index is 12.9. The van der Waals surface area contributed by atoms with Gasteiger partial charge < -0.3 is 11.1 Å². The molecule has 1 aromatic heterocycles. The van der Waals surface area contributed by atoms with Gasteiger partial charge in [0.25, 0.3) is 10.1 Å². The third-order valence-electron chi connectivity index (χ3n) is 2.23. The molecule has 0 radical (unpaired) electrons. The van der Waals surface area contributed by atoms with E-state index >= 15 is 0 Å². The second kappa shape index (κ2) is 4.98. The van der Waals surface area contributed by atoms with Crippen molar-refractivity contribution in [1.29, 1.82) is 0 Å². The van der Waals surface area contributed by atoms with Gasteiger partial charge in [0.1, 0.15) is 10.7 Å². The molecule has 0 spiro atoms. The molecule has 4 N–H and O–H groups in total. The molecule has 7 nitrogen and oxygen atoms in total. The SMILES string of the molecule is Nc1cc(Nc2cc(F)nc(F)n2)ccc1S(=O)(=O)O. The number of nitrogens with zero attached hydrogens (tertiary/aromatic N) is 2. The highest BCUT2D eigenvalue weighted by Crippen LogP contribution is 2.24. The van der Waals surface area contributed by atoms with Crippen LogP contribution in [0.5, 0.6) is 0 Å². The Hall–Kier alpha value is -2.33. The highest BCUT2D eigenvalue weighted by Gasteiger charge is 2.14. The Morgan fingerprint density at radius 2 is 1.90 bits per heavy atom. The molecule has 106 valence electrons. The molecule has 0 atom stereocenters. The first kappa shape index (κ1) is 14.1. The van der Waals surface area contributed by atoms with E-state index in [4.69, 9.17) is 10.3 Å². The van der Waals surface area contributed by atoms with Crippen molar-refractivity contribution in [3.05, 3.63) is 36.3 Å². The number of rotatable bonds is 3. The predicted molar refractivity (Wildman–Crippen MR) is 65.9 cm³/mol. The van der Waals surface area contributed by atoms with Crippen molar-refractivity contribution in [2.75, 3.05) is 11.1 Å². The fourth-order valence-corrected chi connectivity index (χ4v) is 2.06. The number of benzene rings is 1. The van der Waals surface area contributed by atoms with Crippen LogP contribution in [0.1, 0.15) is 0 Å². The zero-order chi connectivity index (χ0) is 14.9. The molecule has 0 saturated carbocycles. The molecule has 0 fully saturated rings. The highest BCUT2D eigenvalue weighted by molar-refractivity contribution is 7.86. The Morgan fingerprint density at radius 3 is 2.45 bits per heavy atom. The summed E-state index contributed by atoms with van der Waals surface area (Å²) in [4.78, 5) is 5.64. The van der Waals surface area contributed by atoms with Gasteiger partial charge in [0.2, 0.25) is 5.95 Å². The number of nitrogens with two attached hydrogens (primary N) is 1. The van der Waals surface area contributed by atoms with Gasteiger partial charge in [-0.1, -0.05) is 0 Å². The molecular formula is C10H8F2N4O3S. The summed E-state index contributed by atoms with van der Waals surface area (Å²) >= 11 is 0. The summed E-state index contributed by atoms with van der Waals surface area (Å²) in [6.07, 6.45) is -1.25. The van der Waals surface area contributed by atoms with E-state index in [0.29, 0.717) is 0 Å². The van der Waals surface area contributed by atoms with Crippen LogP contribution in [-0.2, 0) is 10.1 Å². The molecule has 0 unspecified atom stereocenters. The molecule has 0 aliphatic carbocycles. The molecule has 2 rings (SSSR count). The summed E-state index contributed by atoms with van der Waals surface area (Å²) in [5, 5.41) is 2.52. The van der Waals surface area contributed by atoms with Gasteiger partial charge in [0.05, 0.1) is 5.69 Å². The largest absolute Gasteiger partial charge is 0.398 e. The van der Waals surface area contributed by atoms with Crippen molar-refractivity contribution >= 4 is 27.3 Å². The maximum Gasteiger partial charge on any atom is 0.313 e. The van der Waals surface area contributed by atoms with Crippen molar-refractivity contribution < 1.29 is 21.8 Å². The van der Waals surface area contributed by atoms with Crippen LogP contribution >= 0.6 is 0 Å². The van der Waals surface area contributed by atoms with Crippen molar-refractivity contribution in [2.24, 2.45) is 0 Å². The lowest BCUT2D eigenvalue weighted by Gasteiger charge is -2.08. The summed E-state index contributed by atoms with van der Waals surface area (Å²) in [7, 11) is -4.43. The topological polar surface area (TPSA) is 118 Å². The quantitative estimate of drug-likeness (QED) is 0.339. The smallest absolute Gasteiger partial charge is 0.313 e. The maximum absolute atomic E-state index is 12.9. The van der Waals surface area contributed by atoms with Crippen LogP contribution in [0.15, 0.2) is 29.2 Å². The standard InChI is InChI=1S/C10H8F2N4O3S/c11-8-4-9(16-10(12)15-8)14-5-1-2-7(6(13)3-5)20(17,18)19/h1-4H,13H2,(H,14,15,16)(H,17,18,19). The summed E-state index contributed by atoms with van der Waals surface area (Å²) in [6, 6.07) is 4.30. The van der Waals surface area contributed by atoms with Crippen LogP contribution in [0.25, 0.3) is 0 Å². The van der Waals surface area contributed by atoms with E-state index in [-0.39, 0.29) is 17.2 Å². The van der Waals surface area contributed by atoms with Gasteiger partial charge in [-0.2, -0.15) is 27.2 Å². The van der Waals surface area contributed by atoms with Gasteiger partial charge >= 0.3 is 6.08 Å². The van der Waals surface area contributed by atoms with Crippen molar-refractivity contribution in [1.82, 2.24) is 9.97 Å². The van der Waals surface area contributed by atoms with Crippen LogP contribution in [0, 0.1) is 12.0 Å². The van der Waals surface area contributed by atoms with E-state index in [0.717, 1.165) is 12.1 Å². The van der Waals surface area contributed by atoms with Gasteiger partial charge in [0, 0.05) is 11.8 Å². The number of hydrogen-bond acceptors (Lipinski definition) is 6. The molecule has 0 aliphatic rings. The first-order chi connectivity index (χ1) is 9.25. The van der Waals surface area contributed by atoms with Crippen LogP contribution < -0.4 is 11.1 Å². The summed E-state index contributed by atoms with van der Waals surface area (Å²) in [5.74, 6) is -1.24. The third kappa shape index (κ3) is 3.16. The molecule has 2 aromatic rings. The Balaban J connectivity index is 2.33. The first-order valence-electron chi connectivity index (χ1n) is 5.10. The van der Waals surface area contributed by atoms with Gasteiger partial charge in [-0.3, -0.25) is 4.55 Å². The number of anilines is 3. The molecule has 20 heavy (non-hydrogen) atoms. The molecule has 10 heteroatoms. The Labute approximate surface area is 112 Å². The van der Waals surface area contributed by atoms with Gasteiger partial charge in [-0.25, -0.2) is 0 Å². The minimum Gasteiger partial charge on any atom is -0.398 e. The fourth-order valence-electron chi connectivity index (χ4n) is 1.46. The van der Waals surface area contributed by atoms with E-state index in [9.17, 15) is 17.2 Å². The lowest BCUT2D eigenvalue weighted by molar-refractivity contribution is 0.483. The molecule has 0 saturated heterocycles. The van der Waals surface area contributed by atoms with Crippen molar-refractivity contribution in [3.63, 3.8) is 0 Å². The molecule has 1 aromatic carbocycles. The van der Waals surface area contributed by atoms with Crippen LogP contribution in [-0.4, -0.2) is 22.9 Å². The molecular weight excluding hydrogens is 294 g/mol. The summed E-state index contributed by atoms with van der Waals surface area (Å²) in [5.41, 5.74) is 5.46. The average Bonchev–Trinajstić information content (AvgIpc) is 2.25. The molecule has 0 bridgehead atoms. The Kier molecular flexibility index (Phi) is 3.51. The van der Waals surface area contributed by atoms with Gasteiger partial charge in [0.15, 0.2) is 0 Å². The zero-order valence-electron chi connectivity index (χ0n) is 9.71. The van der Waals surface area contributed by atoms with E-state index in [2.05, 4.69) is 15.3 Å². The monoisotopic (exact) mass is 302 g/mol. The van der Waals surface area contributed by atoms with Gasteiger partial charge in [-0.05, 0) is 18.2 Å². The predicted octanol–water partition coefficient (Wildman–Crippen LogP) is 1.33. The van der Waals surface area contributed by atoms with Crippen molar-refractivity contribution in [3.8, 4) is 0 Å².